The number of nitrogens with one attached hydrogen (secondary N) is 2. The van der Waals surface area contributed by atoms with E-state index < -0.39 is 0 Å². The lowest BCUT2D eigenvalue weighted by molar-refractivity contribution is 0.0947. The van der Waals surface area contributed by atoms with Crippen LogP contribution in [0.2, 0.25) is 0 Å². The quantitative estimate of drug-likeness (QED) is 0.847. The molecular formula is C15H17N3O3. The second-order valence-electron chi connectivity index (χ2n) is 4.50. The van der Waals surface area contributed by atoms with Gasteiger partial charge in [-0.1, -0.05) is 18.1 Å². The molecule has 1 aromatic heterocycles. The van der Waals surface area contributed by atoms with Crippen molar-refractivity contribution in [1.82, 2.24) is 15.8 Å². The molecule has 21 heavy (non-hydrogen) atoms. The van der Waals surface area contributed by atoms with Crippen LogP contribution in [0, 0.1) is 0 Å². The third-order valence-corrected chi connectivity index (χ3v) is 2.84. The van der Waals surface area contributed by atoms with Crippen molar-refractivity contribution in [2.45, 2.75) is 19.9 Å². The Morgan fingerprint density at radius 1 is 1.14 bits per heavy atom. The Bertz CT molecular complexity index is 608. The molecule has 6 heteroatoms. The monoisotopic (exact) mass is 287 g/mol. The number of hydrogen-bond donors (Lipinski definition) is 2. The van der Waals surface area contributed by atoms with Gasteiger partial charge in [0.05, 0.1) is 12.7 Å². The van der Waals surface area contributed by atoms with E-state index in [1.54, 1.807) is 30.3 Å². The van der Waals surface area contributed by atoms with Crippen molar-refractivity contribution in [2.24, 2.45) is 0 Å². The molecule has 2 rings (SSSR count). The van der Waals surface area contributed by atoms with Crippen molar-refractivity contribution in [3.8, 4) is 0 Å². The fourth-order valence-electron chi connectivity index (χ4n) is 1.75. The first-order valence-electron chi connectivity index (χ1n) is 6.76. The molecule has 0 aliphatic carbocycles. The van der Waals surface area contributed by atoms with Gasteiger partial charge in [0.25, 0.3) is 11.8 Å². The fourth-order valence-corrected chi connectivity index (χ4v) is 1.75. The lowest BCUT2D eigenvalue weighted by Crippen LogP contribution is -2.25. The molecule has 0 spiro atoms. The van der Waals surface area contributed by atoms with Crippen LogP contribution in [0.3, 0.4) is 0 Å². The van der Waals surface area contributed by atoms with E-state index in [9.17, 15) is 9.59 Å². The zero-order chi connectivity index (χ0) is 15.1. The number of benzene rings is 1. The number of aromatic nitrogens is 1. The molecule has 110 valence electrons. The molecule has 0 bridgehead atoms. The SMILES string of the molecule is CCCNC(=O)c1cccc(C(=O)NCc2ccno2)c1. The Kier molecular flexibility index (Phi) is 5.09. The van der Waals surface area contributed by atoms with E-state index in [0.29, 0.717) is 23.4 Å². The van der Waals surface area contributed by atoms with Crippen molar-refractivity contribution in [3.63, 3.8) is 0 Å². The summed E-state index contributed by atoms with van der Waals surface area (Å²) in [7, 11) is 0. The molecule has 0 aliphatic rings. The maximum atomic E-state index is 12.0. The lowest BCUT2D eigenvalue weighted by Gasteiger charge is -2.06. The van der Waals surface area contributed by atoms with Gasteiger partial charge in [-0.05, 0) is 24.6 Å². The zero-order valence-corrected chi connectivity index (χ0v) is 11.8. The highest BCUT2D eigenvalue weighted by atomic mass is 16.5. The molecule has 0 atom stereocenters. The molecular weight excluding hydrogens is 270 g/mol. The standard InChI is InChI=1S/C15H17N3O3/c1-2-7-16-14(19)11-4-3-5-12(9-11)15(20)17-10-13-6-8-18-21-13/h3-6,8-9H,2,7,10H2,1H3,(H,16,19)(H,17,20). The molecule has 0 saturated carbocycles. The highest BCUT2D eigenvalue weighted by Gasteiger charge is 2.10. The van der Waals surface area contributed by atoms with Crippen molar-refractivity contribution >= 4 is 11.8 Å². The molecule has 6 nitrogen and oxygen atoms in total. The van der Waals surface area contributed by atoms with Gasteiger partial charge in [0.1, 0.15) is 0 Å². The van der Waals surface area contributed by atoms with Crippen molar-refractivity contribution in [1.29, 1.82) is 0 Å². The van der Waals surface area contributed by atoms with E-state index in [1.165, 1.54) is 6.20 Å². The Labute approximate surface area is 122 Å². The Morgan fingerprint density at radius 3 is 2.48 bits per heavy atom. The molecule has 0 radical (unpaired) electrons. The third kappa shape index (κ3) is 4.17. The average Bonchev–Trinajstić information content (AvgIpc) is 3.03. The van der Waals surface area contributed by atoms with Crippen LogP contribution < -0.4 is 10.6 Å². The summed E-state index contributed by atoms with van der Waals surface area (Å²) in [5.41, 5.74) is 0.898. The van der Waals surface area contributed by atoms with E-state index in [0.717, 1.165) is 6.42 Å². The summed E-state index contributed by atoms with van der Waals surface area (Å²) in [4.78, 5) is 23.9. The van der Waals surface area contributed by atoms with Gasteiger partial charge < -0.3 is 15.2 Å². The van der Waals surface area contributed by atoms with Gasteiger partial charge in [-0.15, -0.1) is 0 Å². The Balaban J connectivity index is 1.99. The van der Waals surface area contributed by atoms with Gasteiger partial charge in [-0.3, -0.25) is 9.59 Å². The minimum atomic E-state index is -0.267. The second-order valence-corrected chi connectivity index (χ2v) is 4.50. The summed E-state index contributed by atoms with van der Waals surface area (Å²) in [6.07, 6.45) is 2.38. The van der Waals surface area contributed by atoms with Crippen LogP contribution in [-0.4, -0.2) is 23.5 Å². The first kappa shape index (κ1) is 14.8. The molecule has 1 aromatic carbocycles. The smallest absolute Gasteiger partial charge is 0.251 e. The number of amides is 2. The number of carbonyl (C=O) groups excluding carboxylic acids is 2. The minimum absolute atomic E-state index is 0.179. The van der Waals surface area contributed by atoms with E-state index in [1.807, 2.05) is 6.92 Å². The van der Waals surface area contributed by atoms with Gasteiger partial charge in [0.2, 0.25) is 0 Å². The lowest BCUT2D eigenvalue weighted by atomic mass is 10.1. The maximum Gasteiger partial charge on any atom is 0.251 e. The minimum Gasteiger partial charge on any atom is -0.360 e. The van der Waals surface area contributed by atoms with Crippen LogP contribution in [-0.2, 0) is 6.54 Å². The van der Waals surface area contributed by atoms with Crippen LogP contribution in [0.1, 0.15) is 39.8 Å². The van der Waals surface area contributed by atoms with E-state index in [2.05, 4.69) is 15.8 Å². The Morgan fingerprint density at radius 2 is 1.86 bits per heavy atom. The number of carbonyl (C=O) groups is 2. The molecule has 2 amide bonds. The van der Waals surface area contributed by atoms with Gasteiger partial charge >= 0.3 is 0 Å². The third-order valence-electron chi connectivity index (χ3n) is 2.84. The van der Waals surface area contributed by atoms with Gasteiger partial charge in [0.15, 0.2) is 5.76 Å². The van der Waals surface area contributed by atoms with Crippen molar-refractivity contribution < 1.29 is 14.1 Å². The molecule has 2 aromatic rings. The van der Waals surface area contributed by atoms with E-state index >= 15 is 0 Å². The molecule has 0 aliphatic heterocycles. The van der Waals surface area contributed by atoms with Crippen molar-refractivity contribution in [3.05, 3.63) is 53.4 Å². The molecule has 0 fully saturated rings. The van der Waals surface area contributed by atoms with Crippen LogP contribution >= 0.6 is 0 Å². The van der Waals surface area contributed by atoms with Gasteiger partial charge in [-0.25, -0.2) is 0 Å². The highest BCUT2D eigenvalue weighted by molar-refractivity contribution is 5.99. The summed E-state index contributed by atoms with van der Waals surface area (Å²) in [5.74, 6) is 0.124. The topological polar surface area (TPSA) is 84.2 Å². The van der Waals surface area contributed by atoms with Crippen LogP contribution in [0.15, 0.2) is 41.1 Å². The maximum absolute atomic E-state index is 12.0. The van der Waals surface area contributed by atoms with Gasteiger partial charge in [-0.2, -0.15) is 0 Å². The molecule has 1 heterocycles. The predicted molar refractivity (Wildman–Crippen MR) is 76.7 cm³/mol. The molecule has 2 N–H and O–H groups in total. The molecule has 0 saturated heterocycles. The van der Waals surface area contributed by atoms with E-state index in [-0.39, 0.29) is 18.4 Å². The summed E-state index contributed by atoms with van der Waals surface area (Å²) < 4.78 is 4.90. The van der Waals surface area contributed by atoms with Crippen LogP contribution in [0.5, 0.6) is 0 Å². The van der Waals surface area contributed by atoms with Gasteiger partial charge in [0, 0.05) is 23.7 Å². The highest BCUT2D eigenvalue weighted by Crippen LogP contribution is 2.06. The average molecular weight is 287 g/mol. The Hall–Kier alpha value is -2.63. The summed E-state index contributed by atoms with van der Waals surface area (Å²) in [5, 5.41) is 9.04. The first-order chi connectivity index (χ1) is 10.2. The molecule has 0 unspecified atom stereocenters. The number of nitrogens with zero attached hydrogens (tertiary/aromatic N) is 1. The van der Waals surface area contributed by atoms with Crippen LogP contribution in [0.4, 0.5) is 0 Å². The van der Waals surface area contributed by atoms with Crippen molar-refractivity contribution in [2.75, 3.05) is 6.54 Å². The number of hydrogen-bond acceptors (Lipinski definition) is 4. The first-order valence-corrected chi connectivity index (χ1v) is 6.76. The fraction of sp³-hybridized carbons (Fsp3) is 0.267. The zero-order valence-electron chi connectivity index (χ0n) is 11.8. The summed E-state index contributed by atoms with van der Waals surface area (Å²) in [6.45, 7) is 2.85. The second kappa shape index (κ2) is 7.23. The van der Waals surface area contributed by atoms with E-state index in [4.69, 9.17) is 4.52 Å². The predicted octanol–water partition coefficient (Wildman–Crippen LogP) is 1.74. The number of rotatable bonds is 6. The normalized spacial score (nSPS) is 10.1. The largest absolute Gasteiger partial charge is 0.360 e. The summed E-state index contributed by atoms with van der Waals surface area (Å²) in [6, 6.07) is 8.27. The van der Waals surface area contributed by atoms with Crippen LogP contribution in [0.25, 0.3) is 0 Å². The summed E-state index contributed by atoms with van der Waals surface area (Å²) >= 11 is 0.